The van der Waals surface area contributed by atoms with Gasteiger partial charge in [0, 0.05) is 6.42 Å². The van der Waals surface area contributed by atoms with Crippen LogP contribution in [0.3, 0.4) is 0 Å². The normalized spacial score (nSPS) is 11.2. The van der Waals surface area contributed by atoms with Crippen molar-refractivity contribution >= 4 is 11.8 Å². The highest BCUT2D eigenvalue weighted by Gasteiger charge is 2.30. The molecule has 17 heavy (non-hydrogen) atoms. The average Bonchev–Trinajstić information content (AvgIpc) is 2.15. The topological polar surface area (TPSA) is 54.4 Å². The second kappa shape index (κ2) is 4.99. The average molecular weight is 246 g/mol. The highest BCUT2D eigenvalue weighted by atomic mass is 19.4. The molecule has 0 amide bonds. The Morgan fingerprint density at radius 3 is 2.41 bits per heavy atom. The van der Waals surface area contributed by atoms with E-state index in [1.165, 1.54) is 12.1 Å². The van der Waals surface area contributed by atoms with E-state index in [1.54, 1.807) is 0 Å². The molecule has 0 aromatic heterocycles. The first-order valence-corrected chi connectivity index (χ1v) is 4.68. The van der Waals surface area contributed by atoms with Crippen molar-refractivity contribution in [2.24, 2.45) is 0 Å². The summed E-state index contributed by atoms with van der Waals surface area (Å²) in [6, 6.07) is 4.28. The first kappa shape index (κ1) is 13.2. The van der Waals surface area contributed by atoms with Crippen molar-refractivity contribution in [1.82, 2.24) is 0 Å². The third-order valence-corrected chi connectivity index (χ3v) is 2.00. The lowest BCUT2D eigenvalue weighted by molar-refractivity contribution is -0.140. The Kier molecular flexibility index (Phi) is 3.88. The standard InChI is InChI=1S/C11H9F3O3/c12-11(13,14)8-3-1-2-7(4-8)5-9(15)6-10(16)17/h1-4H,5-6H2,(H,16,17). The smallest absolute Gasteiger partial charge is 0.416 e. The molecule has 92 valence electrons. The number of carbonyl (C=O) groups excluding carboxylic acids is 1. The van der Waals surface area contributed by atoms with Crippen LogP contribution in [-0.4, -0.2) is 16.9 Å². The largest absolute Gasteiger partial charge is 0.481 e. The maximum Gasteiger partial charge on any atom is 0.416 e. The molecule has 3 nitrogen and oxygen atoms in total. The molecule has 0 heterocycles. The molecule has 6 heteroatoms. The second-order valence-corrected chi connectivity index (χ2v) is 3.48. The van der Waals surface area contributed by atoms with Crippen LogP contribution in [0.5, 0.6) is 0 Å². The quantitative estimate of drug-likeness (QED) is 0.829. The van der Waals surface area contributed by atoms with E-state index in [0.717, 1.165) is 12.1 Å². The van der Waals surface area contributed by atoms with Gasteiger partial charge in [-0.1, -0.05) is 18.2 Å². The number of hydrogen-bond donors (Lipinski definition) is 1. The Balaban J connectivity index is 2.79. The monoisotopic (exact) mass is 246 g/mol. The van der Waals surface area contributed by atoms with E-state index >= 15 is 0 Å². The van der Waals surface area contributed by atoms with Crippen LogP contribution in [0.4, 0.5) is 13.2 Å². The van der Waals surface area contributed by atoms with Crippen LogP contribution in [0.15, 0.2) is 24.3 Å². The molecular formula is C11H9F3O3. The summed E-state index contributed by atoms with van der Waals surface area (Å²) in [6.07, 6.45) is -5.46. The molecule has 0 unspecified atom stereocenters. The number of rotatable bonds is 4. The summed E-state index contributed by atoms with van der Waals surface area (Å²) in [5.41, 5.74) is -0.691. The maximum absolute atomic E-state index is 12.3. The van der Waals surface area contributed by atoms with E-state index in [1.807, 2.05) is 0 Å². The minimum Gasteiger partial charge on any atom is -0.481 e. The predicted octanol–water partition coefficient (Wildman–Crippen LogP) is 2.29. The molecule has 0 atom stereocenters. The highest BCUT2D eigenvalue weighted by Crippen LogP contribution is 2.29. The van der Waals surface area contributed by atoms with E-state index < -0.39 is 29.9 Å². The number of carboxylic acid groups (broad SMARTS) is 1. The van der Waals surface area contributed by atoms with Crippen molar-refractivity contribution in [2.45, 2.75) is 19.0 Å². The van der Waals surface area contributed by atoms with Gasteiger partial charge in [-0.25, -0.2) is 0 Å². The first-order valence-electron chi connectivity index (χ1n) is 4.68. The van der Waals surface area contributed by atoms with Gasteiger partial charge in [0.05, 0.1) is 5.56 Å². The minimum atomic E-state index is -4.47. The number of benzene rings is 1. The molecule has 0 spiro atoms. The zero-order valence-electron chi connectivity index (χ0n) is 8.62. The third kappa shape index (κ3) is 4.26. The van der Waals surface area contributed by atoms with E-state index in [9.17, 15) is 22.8 Å². The summed E-state index contributed by atoms with van der Waals surface area (Å²) < 4.78 is 37.0. The molecule has 0 aliphatic carbocycles. The molecule has 0 aliphatic rings. The van der Waals surface area contributed by atoms with Gasteiger partial charge in [-0.05, 0) is 11.6 Å². The second-order valence-electron chi connectivity index (χ2n) is 3.48. The SMILES string of the molecule is O=C(O)CC(=O)Cc1cccc(C(F)(F)F)c1. The van der Waals surface area contributed by atoms with E-state index in [2.05, 4.69) is 0 Å². The zero-order chi connectivity index (χ0) is 13.1. The Bertz CT molecular complexity index is 438. The molecule has 0 saturated carbocycles. The predicted molar refractivity (Wildman–Crippen MR) is 52.4 cm³/mol. The van der Waals surface area contributed by atoms with Gasteiger partial charge in [0.2, 0.25) is 0 Å². The summed E-state index contributed by atoms with van der Waals surface area (Å²) in [7, 11) is 0. The Morgan fingerprint density at radius 2 is 1.88 bits per heavy atom. The lowest BCUT2D eigenvalue weighted by atomic mass is 10.0. The van der Waals surface area contributed by atoms with Crippen molar-refractivity contribution in [2.75, 3.05) is 0 Å². The van der Waals surface area contributed by atoms with Crippen LogP contribution in [0, 0.1) is 0 Å². The number of carboxylic acids is 1. The molecule has 0 bridgehead atoms. The molecular weight excluding hydrogens is 237 g/mol. The van der Waals surface area contributed by atoms with Crippen molar-refractivity contribution < 1.29 is 27.9 Å². The Labute approximate surface area is 94.9 Å². The molecule has 1 aromatic carbocycles. The van der Waals surface area contributed by atoms with Crippen molar-refractivity contribution in [1.29, 1.82) is 0 Å². The number of Topliss-reactive ketones (excluding diaryl/α,β-unsaturated/α-hetero) is 1. The third-order valence-electron chi connectivity index (χ3n) is 2.00. The van der Waals surface area contributed by atoms with Gasteiger partial charge in [0.1, 0.15) is 12.2 Å². The fourth-order valence-corrected chi connectivity index (χ4v) is 1.32. The molecule has 1 aromatic rings. The van der Waals surface area contributed by atoms with Crippen LogP contribution < -0.4 is 0 Å². The lowest BCUT2D eigenvalue weighted by Crippen LogP contribution is -2.10. The number of carbonyl (C=O) groups is 2. The van der Waals surface area contributed by atoms with E-state index in [0.29, 0.717) is 0 Å². The van der Waals surface area contributed by atoms with Crippen LogP contribution in [0.2, 0.25) is 0 Å². The minimum absolute atomic E-state index is 0.158. The van der Waals surface area contributed by atoms with Crippen molar-refractivity contribution in [3.8, 4) is 0 Å². The highest BCUT2D eigenvalue weighted by molar-refractivity contribution is 5.95. The molecule has 0 fully saturated rings. The summed E-state index contributed by atoms with van der Waals surface area (Å²) in [4.78, 5) is 21.3. The van der Waals surface area contributed by atoms with Gasteiger partial charge in [-0.15, -0.1) is 0 Å². The van der Waals surface area contributed by atoms with Crippen LogP contribution in [-0.2, 0) is 22.2 Å². The van der Waals surface area contributed by atoms with Crippen LogP contribution >= 0.6 is 0 Å². The number of hydrogen-bond acceptors (Lipinski definition) is 2. The van der Waals surface area contributed by atoms with Gasteiger partial charge in [0.15, 0.2) is 0 Å². The van der Waals surface area contributed by atoms with Gasteiger partial charge in [0.25, 0.3) is 0 Å². The summed E-state index contributed by atoms with van der Waals surface area (Å²) in [6.45, 7) is 0. The van der Waals surface area contributed by atoms with Crippen molar-refractivity contribution in [3.05, 3.63) is 35.4 Å². The maximum atomic E-state index is 12.3. The number of aliphatic carboxylic acids is 1. The van der Waals surface area contributed by atoms with Crippen LogP contribution in [0.1, 0.15) is 17.5 Å². The first-order chi connectivity index (χ1) is 7.79. The summed E-state index contributed by atoms with van der Waals surface area (Å²) >= 11 is 0. The fourth-order valence-electron chi connectivity index (χ4n) is 1.32. The molecule has 0 saturated heterocycles. The van der Waals surface area contributed by atoms with Gasteiger partial charge >= 0.3 is 12.1 Å². The van der Waals surface area contributed by atoms with Gasteiger partial charge in [-0.3, -0.25) is 9.59 Å². The summed E-state index contributed by atoms with van der Waals surface area (Å²) in [5.74, 6) is -1.92. The molecule has 0 radical (unpaired) electrons. The van der Waals surface area contributed by atoms with Gasteiger partial charge in [-0.2, -0.15) is 13.2 Å². The Morgan fingerprint density at radius 1 is 1.24 bits per heavy atom. The molecule has 1 N–H and O–H groups in total. The zero-order valence-corrected chi connectivity index (χ0v) is 8.62. The van der Waals surface area contributed by atoms with Crippen LogP contribution in [0.25, 0.3) is 0 Å². The van der Waals surface area contributed by atoms with Crippen molar-refractivity contribution in [3.63, 3.8) is 0 Å². The van der Waals surface area contributed by atoms with Gasteiger partial charge < -0.3 is 5.11 Å². The van der Waals surface area contributed by atoms with E-state index in [-0.39, 0.29) is 12.0 Å². The molecule has 1 rings (SSSR count). The number of halogens is 3. The van der Waals surface area contributed by atoms with E-state index in [4.69, 9.17) is 5.11 Å². The lowest BCUT2D eigenvalue weighted by Gasteiger charge is -2.07. The number of ketones is 1. The Hall–Kier alpha value is -1.85. The fraction of sp³-hybridized carbons (Fsp3) is 0.273. The molecule has 0 aliphatic heterocycles. The summed E-state index contributed by atoms with van der Waals surface area (Å²) in [5, 5.41) is 8.34. The number of alkyl halides is 3.